The van der Waals surface area contributed by atoms with E-state index in [1.165, 1.54) is 25.7 Å². The van der Waals surface area contributed by atoms with Gasteiger partial charge in [-0.15, -0.1) is 0 Å². The fourth-order valence-corrected chi connectivity index (χ4v) is 2.99. The molecule has 102 valence electrons. The standard InChI is InChI=1S/C15H27N3/c1-5-14(11(2)3)17-15-16-12(4)10-18(15)13-8-6-7-9-13/h10-11,13-14H,5-9H2,1-4H3,(H,16,17). The number of aromatic nitrogens is 2. The van der Waals surface area contributed by atoms with E-state index in [1.54, 1.807) is 0 Å². The first kappa shape index (κ1) is 13.4. The molecule has 0 radical (unpaired) electrons. The molecule has 0 amide bonds. The average Bonchev–Trinajstić information content (AvgIpc) is 2.94. The summed E-state index contributed by atoms with van der Waals surface area (Å²) in [5.41, 5.74) is 1.13. The van der Waals surface area contributed by atoms with Gasteiger partial charge in [0, 0.05) is 18.3 Å². The Labute approximate surface area is 111 Å². The van der Waals surface area contributed by atoms with Crippen LogP contribution in [0.25, 0.3) is 0 Å². The van der Waals surface area contributed by atoms with Crippen molar-refractivity contribution in [1.82, 2.24) is 9.55 Å². The van der Waals surface area contributed by atoms with Crippen LogP contribution in [0.15, 0.2) is 6.20 Å². The largest absolute Gasteiger partial charge is 0.353 e. The highest BCUT2D eigenvalue weighted by Crippen LogP contribution is 2.32. The molecule has 1 aromatic rings. The number of aryl methyl sites for hydroxylation is 1. The second-order valence-corrected chi connectivity index (χ2v) is 5.95. The first-order chi connectivity index (χ1) is 8.61. The zero-order chi connectivity index (χ0) is 13.1. The smallest absolute Gasteiger partial charge is 0.203 e. The van der Waals surface area contributed by atoms with Crippen molar-refractivity contribution in [3.05, 3.63) is 11.9 Å². The Balaban J connectivity index is 2.16. The normalized spacial score (nSPS) is 18.5. The van der Waals surface area contributed by atoms with Crippen molar-refractivity contribution in [2.75, 3.05) is 5.32 Å². The molecule has 1 N–H and O–H groups in total. The van der Waals surface area contributed by atoms with Gasteiger partial charge in [-0.05, 0) is 32.1 Å². The number of nitrogens with zero attached hydrogens (tertiary/aromatic N) is 2. The molecule has 1 heterocycles. The second kappa shape index (κ2) is 5.77. The monoisotopic (exact) mass is 249 g/mol. The van der Waals surface area contributed by atoms with Gasteiger partial charge in [0.15, 0.2) is 0 Å². The predicted octanol–water partition coefficient (Wildman–Crippen LogP) is 4.15. The van der Waals surface area contributed by atoms with Crippen LogP contribution in [0.3, 0.4) is 0 Å². The number of hydrogen-bond donors (Lipinski definition) is 1. The third-order valence-corrected chi connectivity index (χ3v) is 4.13. The lowest BCUT2D eigenvalue weighted by molar-refractivity contribution is 0.486. The van der Waals surface area contributed by atoms with Crippen molar-refractivity contribution in [3.63, 3.8) is 0 Å². The molecule has 2 rings (SSSR count). The predicted molar refractivity (Wildman–Crippen MR) is 77.0 cm³/mol. The molecule has 18 heavy (non-hydrogen) atoms. The van der Waals surface area contributed by atoms with Crippen LogP contribution in [0.4, 0.5) is 5.95 Å². The third-order valence-electron chi connectivity index (χ3n) is 4.13. The summed E-state index contributed by atoms with van der Waals surface area (Å²) in [4.78, 5) is 4.68. The van der Waals surface area contributed by atoms with Crippen molar-refractivity contribution in [2.45, 2.75) is 71.9 Å². The topological polar surface area (TPSA) is 29.9 Å². The molecule has 0 saturated heterocycles. The highest BCUT2D eigenvalue weighted by Gasteiger charge is 2.21. The molecular formula is C15H27N3. The first-order valence-electron chi connectivity index (χ1n) is 7.43. The highest BCUT2D eigenvalue weighted by molar-refractivity contribution is 5.31. The molecule has 1 aromatic heterocycles. The fraction of sp³-hybridized carbons (Fsp3) is 0.800. The number of rotatable bonds is 5. The van der Waals surface area contributed by atoms with Crippen molar-refractivity contribution < 1.29 is 0 Å². The molecule has 1 unspecified atom stereocenters. The molecule has 1 fully saturated rings. The summed E-state index contributed by atoms with van der Waals surface area (Å²) in [6.07, 6.45) is 8.71. The van der Waals surface area contributed by atoms with E-state index in [2.05, 4.69) is 48.8 Å². The number of hydrogen-bond acceptors (Lipinski definition) is 2. The lowest BCUT2D eigenvalue weighted by Crippen LogP contribution is -2.27. The summed E-state index contributed by atoms with van der Waals surface area (Å²) in [6.45, 7) is 8.88. The molecule has 1 atom stereocenters. The van der Waals surface area contributed by atoms with Gasteiger partial charge in [0.2, 0.25) is 5.95 Å². The summed E-state index contributed by atoms with van der Waals surface area (Å²) in [7, 11) is 0. The van der Waals surface area contributed by atoms with E-state index in [9.17, 15) is 0 Å². The van der Waals surface area contributed by atoms with Crippen LogP contribution in [0.1, 0.15) is 64.6 Å². The van der Waals surface area contributed by atoms with Gasteiger partial charge in [-0.25, -0.2) is 4.98 Å². The van der Waals surface area contributed by atoms with Crippen molar-refractivity contribution in [3.8, 4) is 0 Å². The van der Waals surface area contributed by atoms with Crippen LogP contribution in [-0.2, 0) is 0 Å². The fourth-order valence-electron chi connectivity index (χ4n) is 2.99. The average molecular weight is 249 g/mol. The molecule has 3 heteroatoms. The van der Waals surface area contributed by atoms with Gasteiger partial charge in [-0.3, -0.25) is 0 Å². The zero-order valence-electron chi connectivity index (χ0n) is 12.2. The van der Waals surface area contributed by atoms with Crippen LogP contribution in [0.2, 0.25) is 0 Å². The molecule has 1 saturated carbocycles. The Morgan fingerprint density at radius 2 is 2.06 bits per heavy atom. The highest BCUT2D eigenvalue weighted by atomic mass is 15.2. The second-order valence-electron chi connectivity index (χ2n) is 5.95. The molecule has 0 aromatic carbocycles. The number of imidazole rings is 1. The van der Waals surface area contributed by atoms with Gasteiger partial charge in [-0.2, -0.15) is 0 Å². The summed E-state index contributed by atoms with van der Waals surface area (Å²) in [5.74, 6) is 1.73. The maximum atomic E-state index is 4.68. The molecular weight excluding hydrogens is 222 g/mol. The van der Waals surface area contributed by atoms with Gasteiger partial charge in [0.05, 0.1) is 5.69 Å². The minimum Gasteiger partial charge on any atom is -0.353 e. The van der Waals surface area contributed by atoms with Crippen molar-refractivity contribution in [1.29, 1.82) is 0 Å². The Hall–Kier alpha value is -0.990. The van der Waals surface area contributed by atoms with Gasteiger partial charge < -0.3 is 9.88 Å². The van der Waals surface area contributed by atoms with Crippen LogP contribution >= 0.6 is 0 Å². The molecule has 3 nitrogen and oxygen atoms in total. The van der Waals surface area contributed by atoms with Crippen LogP contribution in [0, 0.1) is 12.8 Å². The Morgan fingerprint density at radius 1 is 1.39 bits per heavy atom. The maximum Gasteiger partial charge on any atom is 0.203 e. The molecule has 0 spiro atoms. The van der Waals surface area contributed by atoms with E-state index >= 15 is 0 Å². The van der Waals surface area contributed by atoms with E-state index in [4.69, 9.17) is 0 Å². The van der Waals surface area contributed by atoms with E-state index in [0.717, 1.165) is 18.1 Å². The summed E-state index contributed by atoms with van der Waals surface area (Å²) in [6, 6.07) is 1.19. The van der Waals surface area contributed by atoms with Crippen LogP contribution in [0.5, 0.6) is 0 Å². The van der Waals surface area contributed by atoms with E-state index in [0.29, 0.717) is 18.0 Å². The van der Waals surface area contributed by atoms with Gasteiger partial charge in [0.25, 0.3) is 0 Å². The summed E-state index contributed by atoms with van der Waals surface area (Å²) >= 11 is 0. The SMILES string of the molecule is CCC(Nc1nc(C)cn1C1CCCC1)C(C)C. The van der Waals surface area contributed by atoms with E-state index < -0.39 is 0 Å². The van der Waals surface area contributed by atoms with Gasteiger partial charge in [0.1, 0.15) is 0 Å². The lowest BCUT2D eigenvalue weighted by atomic mass is 10.0. The summed E-state index contributed by atoms with van der Waals surface area (Å²) < 4.78 is 2.38. The quantitative estimate of drug-likeness (QED) is 0.849. The van der Waals surface area contributed by atoms with Crippen LogP contribution < -0.4 is 5.32 Å². The molecule has 0 aliphatic heterocycles. The molecule has 1 aliphatic rings. The van der Waals surface area contributed by atoms with Crippen molar-refractivity contribution in [2.24, 2.45) is 5.92 Å². The van der Waals surface area contributed by atoms with Gasteiger partial charge >= 0.3 is 0 Å². The van der Waals surface area contributed by atoms with E-state index in [-0.39, 0.29) is 0 Å². The lowest BCUT2D eigenvalue weighted by Gasteiger charge is -2.23. The Bertz CT molecular complexity index is 375. The Morgan fingerprint density at radius 3 is 2.61 bits per heavy atom. The van der Waals surface area contributed by atoms with Crippen molar-refractivity contribution >= 4 is 5.95 Å². The molecule has 1 aliphatic carbocycles. The number of nitrogens with one attached hydrogen (secondary N) is 1. The third kappa shape index (κ3) is 2.88. The molecule has 0 bridgehead atoms. The van der Waals surface area contributed by atoms with E-state index in [1.807, 2.05) is 0 Å². The number of anilines is 1. The zero-order valence-corrected chi connectivity index (χ0v) is 12.2. The minimum atomic E-state index is 0.520. The Kier molecular flexibility index (Phi) is 4.31. The maximum absolute atomic E-state index is 4.68. The van der Waals surface area contributed by atoms with Gasteiger partial charge in [-0.1, -0.05) is 33.6 Å². The minimum absolute atomic E-state index is 0.520. The summed E-state index contributed by atoms with van der Waals surface area (Å²) in [5, 5.41) is 3.65. The first-order valence-corrected chi connectivity index (χ1v) is 7.43. The van der Waals surface area contributed by atoms with Crippen LogP contribution in [-0.4, -0.2) is 15.6 Å².